The van der Waals surface area contributed by atoms with Crippen LogP contribution in [0.15, 0.2) is 54.6 Å². The highest BCUT2D eigenvalue weighted by Gasteiger charge is 2.24. The molecule has 1 atom stereocenters. The van der Waals surface area contributed by atoms with Crippen LogP contribution in [0, 0.1) is 0 Å². The predicted molar refractivity (Wildman–Crippen MR) is 117 cm³/mol. The number of aromatic nitrogens is 2. The summed E-state index contributed by atoms with van der Waals surface area (Å²) in [4.78, 5) is 2.22. The first-order valence-electron chi connectivity index (χ1n) is 9.82. The summed E-state index contributed by atoms with van der Waals surface area (Å²) >= 11 is 6.33. The second-order valence-corrected chi connectivity index (χ2v) is 7.93. The van der Waals surface area contributed by atoms with Gasteiger partial charge in [-0.2, -0.15) is 5.10 Å². The van der Waals surface area contributed by atoms with Crippen molar-refractivity contribution in [1.82, 2.24) is 14.7 Å². The molecule has 0 amide bonds. The number of hydrogen-bond acceptors (Lipinski definition) is 4. The van der Waals surface area contributed by atoms with Gasteiger partial charge in [0, 0.05) is 31.7 Å². The first-order valence-corrected chi connectivity index (χ1v) is 10.2. The van der Waals surface area contributed by atoms with Crippen molar-refractivity contribution in [2.45, 2.75) is 39.5 Å². The van der Waals surface area contributed by atoms with Crippen molar-refractivity contribution in [3.63, 3.8) is 0 Å². The fourth-order valence-corrected chi connectivity index (χ4v) is 3.46. The molecule has 5 nitrogen and oxygen atoms in total. The molecule has 0 saturated heterocycles. The van der Waals surface area contributed by atoms with Gasteiger partial charge in [-0.05, 0) is 32.9 Å². The van der Waals surface area contributed by atoms with Crippen molar-refractivity contribution in [2.24, 2.45) is 7.05 Å². The van der Waals surface area contributed by atoms with Crippen LogP contribution in [-0.4, -0.2) is 38.5 Å². The van der Waals surface area contributed by atoms with Crippen LogP contribution in [0.5, 0.6) is 11.6 Å². The summed E-state index contributed by atoms with van der Waals surface area (Å²) < 4.78 is 7.99. The van der Waals surface area contributed by atoms with Crippen LogP contribution in [0.4, 0.5) is 0 Å². The zero-order chi connectivity index (χ0) is 21.0. The number of ether oxygens (including phenoxy) is 1. The van der Waals surface area contributed by atoms with Crippen LogP contribution < -0.4 is 4.74 Å². The lowest BCUT2D eigenvalue weighted by Gasteiger charge is -2.28. The Hall–Kier alpha value is -2.34. The molecule has 154 valence electrons. The third-order valence-corrected chi connectivity index (χ3v) is 5.08. The summed E-state index contributed by atoms with van der Waals surface area (Å²) in [6, 6.07) is 17.7. The molecule has 3 rings (SSSR count). The van der Waals surface area contributed by atoms with E-state index >= 15 is 0 Å². The van der Waals surface area contributed by atoms with Gasteiger partial charge >= 0.3 is 0 Å². The van der Waals surface area contributed by atoms with E-state index in [-0.39, 0.29) is 6.04 Å². The molecule has 0 saturated carbocycles. The Morgan fingerprint density at radius 2 is 1.72 bits per heavy atom. The number of aliphatic hydroxyl groups is 1. The van der Waals surface area contributed by atoms with E-state index in [1.165, 1.54) is 0 Å². The van der Waals surface area contributed by atoms with E-state index in [1.54, 1.807) is 17.7 Å². The lowest BCUT2D eigenvalue weighted by Crippen LogP contribution is -2.36. The van der Waals surface area contributed by atoms with Gasteiger partial charge in [0.1, 0.15) is 11.4 Å². The minimum Gasteiger partial charge on any atom is -0.437 e. The van der Waals surface area contributed by atoms with Crippen LogP contribution in [0.1, 0.15) is 26.3 Å². The number of rotatable bonds is 8. The monoisotopic (exact) mass is 413 g/mol. The van der Waals surface area contributed by atoms with Gasteiger partial charge in [0.2, 0.25) is 5.88 Å². The molecule has 6 heteroatoms. The van der Waals surface area contributed by atoms with Crippen molar-refractivity contribution in [1.29, 1.82) is 0 Å². The molecule has 0 aliphatic rings. The van der Waals surface area contributed by atoms with E-state index in [9.17, 15) is 5.11 Å². The number of nitrogens with zero attached hydrogens (tertiary/aromatic N) is 3. The standard InChI is InChI=1S/C23H28ClN3O2/c1-16(2)27(14-17(3)28)15-19-22(18-10-6-5-7-11-18)25-26(4)23(19)29-21-13-9-8-12-20(21)24/h5-13,16-17,28H,14-15H2,1-4H3/t17-/m1/s1. The average Bonchev–Trinajstić information content (AvgIpc) is 2.99. The normalized spacial score (nSPS) is 12.6. The van der Waals surface area contributed by atoms with E-state index in [4.69, 9.17) is 21.4 Å². The zero-order valence-corrected chi connectivity index (χ0v) is 18.1. The molecule has 0 radical (unpaired) electrons. The van der Waals surface area contributed by atoms with Gasteiger partial charge in [0.05, 0.1) is 16.7 Å². The lowest BCUT2D eigenvalue weighted by molar-refractivity contribution is 0.102. The highest BCUT2D eigenvalue weighted by Crippen LogP contribution is 2.36. The highest BCUT2D eigenvalue weighted by molar-refractivity contribution is 6.32. The molecule has 0 aliphatic carbocycles. The van der Waals surface area contributed by atoms with Crippen LogP contribution >= 0.6 is 11.6 Å². The van der Waals surface area contributed by atoms with Gasteiger partial charge in [-0.3, -0.25) is 4.90 Å². The van der Waals surface area contributed by atoms with Crippen LogP contribution in [-0.2, 0) is 13.6 Å². The molecule has 0 unspecified atom stereocenters. The molecule has 0 spiro atoms. The van der Waals surface area contributed by atoms with Gasteiger partial charge in [-0.25, -0.2) is 4.68 Å². The third-order valence-electron chi connectivity index (χ3n) is 4.77. The van der Waals surface area contributed by atoms with E-state index in [0.717, 1.165) is 16.8 Å². The molecule has 1 heterocycles. The number of aryl methyl sites for hydroxylation is 1. The molecule has 0 fully saturated rings. The van der Waals surface area contributed by atoms with E-state index in [0.29, 0.717) is 29.7 Å². The number of halogens is 1. The van der Waals surface area contributed by atoms with E-state index in [1.807, 2.05) is 55.6 Å². The first-order chi connectivity index (χ1) is 13.9. The van der Waals surface area contributed by atoms with Gasteiger partial charge in [-0.1, -0.05) is 54.1 Å². The average molecular weight is 414 g/mol. The van der Waals surface area contributed by atoms with Gasteiger partial charge in [0.15, 0.2) is 0 Å². The summed E-state index contributed by atoms with van der Waals surface area (Å²) in [5.41, 5.74) is 2.85. The quantitative estimate of drug-likeness (QED) is 0.556. The van der Waals surface area contributed by atoms with Gasteiger partial charge in [-0.15, -0.1) is 0 Å². The number of para-hydroxylation sites is 1. The Morgan fingerprint density at radius 1 is 1.07 bits per heavy atom. The maximum Gasteiger partial charge on any atom is 0.222 e. The Balaban J connectivity index is 2.07. The Morgan fingerprint density at radius 3 is 2.34 bits per heavy atom. The molecular formula is C23H28ClN3O2. The SMILES string of the molecule is CC(C)N(Cc1c(-c2ccccc2)nn(C)c1Oc1ccccc1Cl)C[C@@H](C)O. The molecule has 0 aliphatic heterocycles. The maximum atomic E-state index is 9.97. The maximum absolute atomic E-state index is 9.97. The summed E-state index contributed by atoms with van der Waals surface area (Å²) in [5, 5.41) is 15.3. The van der Waals surface area contributed by atoms with E-state index in [2.05, 4.69) is 18.7 Å². The topological polar surface area (TPSA) is 50.5 Å². The van der Waals surface area contributed by atoms with Gasteiger partial charge in [0.25, 0.3) is 0 Å². The van der Waals surface area contributed by atoms with Crippen molar-refractivity contribution in [2.75, 3.05) is 6.54 Å². The summed E-state index contributed by atoms with van der Waals surface area (Å²) in [7, 11) is 1.87. The third kappa shape index (κ3) is 5.18. The molecule has 2 aromatic carbocycles. The minimum atomic E-state index is -0.429. The first kappa shape index (κ1) is 21.4. The Bertz CT molecular complexity index is 939. The molecular weight excluding hydrogens is 386 g/mol. The highest BCUT2D eigenvalue weighted by atomic mass is 35.5. The smallest absolute Gasteiger partial charge is 0.222 e. The van der Waals surface area contributed by atoms with Crippen molar-refractivity contribution in [3.8, 4) is 22.9 Å². The molecule has 0 bridgehead atoms. The minimum absolute atomic E-state index is 0.251. The van der Waals surface area contributed by atoms with Crippen molar-refractivity contribution < 1.29 is 9.84 Å². The van der Waals surface area contributed by atoms with Crippen molar-refractivity contribution in [3.05, 3.63) is 65.2 Å². The van der Waals surface area contributed by atoms with Crippen LogP contribution in [0.25, 0.3) is 11.3 Å². The van der Waals surface area contributed by atoms with Crippen molar-refractivity contribution >= 4 is 11.6 Å². The summed E-state index contributed by atoms with van der Waals surface area (Å²) in [5.74, 6) is 1.23. The molecule has 1 aromatic heterocycles. The molecule has 3 aromatic rings. The largest absolute Gasteiger partial charge is 0.437 e. The van der Waals surface area contributed by atoms with Gasteiger partial charge < -0.3 is 9.84 Å². The lowest BCUT2D eigenvalue weighted by atomic mass is 10.1. The fraction of sp³-hybridized carbons (Fsp3) is 0.348. The molecule has 1 N–H and O–H groups in total. The number of hydrogen-bond donors (Lipinski definition) is 1. The number of aliphatic hydroxyl groups excluding tert-OH is 1. The second kappa shape index (κ2) is 9.44. The zero-order valence-electron chi connectivity index (χ0n) is 17.3. The summed E-state index contributed by atoms with van der Waals surface area (Å²) in [6.45, 7) is 7.20. The molecule has 29 heavy (non-hydrogen) atoms. The van der Waals surface area contributed by atoms with E-state index < -0.39 is 6.10 Å². The van der Waals surface area contributed by atoms with Crippen LogP contribution in [0.3, 0.4) is 0 Å². The number of benzene rings is 2. The Labute approximate surface area is 177 Å². The predicted octanol–water partition coefficient (Wildman–Crippen LogP) is 5.12. The van der Waals surface area contributed by atoms with Crippen LogP contribution in [0.2, 0.25) is 5.02 Å². The fourth-order valence-electron chi connectivity index (χ4n) is 3.28. The Kier molecular flexibility index (Phi) is 6.96. The summed E-state index contributed by atoms with van der Waals surface area (Å²) in [6.07, 6.45) is -0.429. The second-order valence-electron chi connectivity index (χ2n) is 7.53.